The first-order chi connectivity index (χ1) is 6.99. The molecule has 0 aliphatic rings. The molecule has 0 amide bonds. The van der Waals surface area contributed by atoms with Gasteiger partial charge < -0.3 is 10.3 Å². The normalized spacial score (nSPS) is 9.47. The molecule has 0 aliphatic heterocycles. The van der Waals surface area contributed by atoms with Crippen LogP contribution in [0.3, 0.4) is 0 Å². The van der Waals surface area contributed by atoms with Gasteiger partial charge in [0.1, 0.15) is 5.69 Å². The number of anilines is 1. The van der Waals surface area contributed by atoms with Gasteiger partial charge in [-0.2, -0.15) is 0 Å². The van der Waals surface area contributed by atoms with Crippen molar-refractivity contribution in [2.45, 2.75) is 34.6 Å². The van der Waals surface area contributed by atoms with Crippen molar-refractivity contribution in [3.8, 4) is 0 Å². The molecule has 0 radical (unpaired) electrons. The van der Waals surface area contributed by atoms with Crippen LogP contribution in [0.1, 0.15) is 33.3 Å². The first kappa shape index (κ1) is 13.8. The average molecular weight is 210 g/mol. The predicted octanol–water partition coefficient (Wildman–Crippen LogP) is 2.78. The highest BCUT2D eigenvalue weighted by atomic mass is 16.1. The van der Waals surface area contributed by atoms with Gasteiger partial charge in [-0.1, -0.05) is 20.8 Å². The Hall–Kier alpha value is -1.25. The van der Waals surface area contributed by atoms with Gasteiger partial charge in [-0.05, 0) is 31.4 Å². The summed E-state index contributed by atoms with van der Waals surface area (Å²) in [5.41, 5.74) is 1.61. The second-order valence-electron chi connectivity index (χ2n) is 4.13. The molecule has 0 unspecified atom stereocenters. The summed E-state index contributed by atoms with van der Waals surface area (Å²) in [4.78, 5) is 13.7. The molecule has 3 nitrogen and oxygen atoms in total. The molecule has 0 saturated heterocycles. The largest absolute Gasteiger partial charge is 0.381 e. The van der Waals surface area contributed by atoms with Crippen molar-refractivity contribution in [1.82, 2.24) is 4.98 Å². The van der Waals surface area contributed by atoms with E-state index in [1.165, 1.54) is 0 Å². The SMILES string of the molecule is CC(C)C.CCNc1c(C)cc[nH]c1=O. The lowest BCUT2D eigenvalue weighted by atomic mass is 10.2. The summed E-state index contributed by atoms with van der Waals surface area (Å²) in [6, 6.07) is 1.87. The number of H-pyrrole nitrogens is 1. The molecule has 0 spiro atoms. The van der Waals surface area contributed by atoms with E-state index in [2.05, 4.69) is 31.1 Å². The Bertz CT molecular complexity index is 326. The standard InChI is InChI=1S/C8H12N2O.C4H10/c1-3-9-7-6(2)4-5-10-8(7)11;1-4(2)3/h4-5,9H,3H2,1-2H3,(H,10,11);4H,1-3H3. The van der Waals surface area contributed by atoms with E-state index in [9.17, 15) is 4.79 Å². The quantitative estimate of drug-likeness (QED) is 0.788. The fourth-order valence-electron chi connectivity index (χ4n) is 0.973. The lowest BCUT2D eigenvalue weighted by molar-refractivity contribution is 0.737. The fourth-order valence-corrected chi connectivity index (χ4v) is 0.973. The molecule has 0 aliphatic carbocycles. The predicted molar refractivity (Wildman–Crippen MR) is 66.5 cm³/mol. The van der Waals surface area contributed by atoms with Crippen LogP contribution in [0.25, 0.3) is 0 Å². The molecule has 0 saturated carbocycles. The van der Waals surface area contributed by atoms with Gasteiger partial charge in [-0.15, -0.1) is 0 Å². The molecule has 1 rings (SSSR count). The molecule has 3 heteroatoms. The van der Waals surface area contributed by atoms with Crippen molar-refractivity contribution < 1.29 is 0 Å². The molecule has 0 aromatic carbocycles. The zero-order valence-corrected chi connectivity index (χ0v) is 10.3. The van der Waals surface area contributed by atoms with Gasteiger partial charge >= 0.3 is 0 Å². The minimum Gasteiger partial charge on any atom is -0.381 e. The topological polar surface area (TPSA) is 44.9 Å². The van der Waals surface area contributed by atoms with E-state index in [4.69, 9.17) is 0 Å². The van der Waals surface area contributed by atoms with Crippen molar-refractivity contribution in [3.05, 3.63) is 28.2 Å². The minimum atomic E-state index is -0.0492. The molecule has 15 heavy (non-hydrogen) atoms. The van der Waals surface area contributed by atoms with Crippen LogP contribution in [0.2, 0.25) is 0 Å². The molecule has 2 N–H and O–H groups in total. The third-order valence-electron chi connectivity index (χ3n) is 1.52. The summed E-state index contributed by atoms with van der Waals surface area (Å²) in [6.07, 6.45) is 1.65. The first-order valence-electron chi connectivity index (χ1n) is 5.41. The number of aromatic nitrogens is 1. The molecular formula is C12H22N2O. The van der Waals surface area contributed by atoms with Crippen LogP contribution >= 0.6 is 0 Å². The second-order valence-corrected chi connectivity index (χ2v) is 4.13. The maximum Gasteiger partial charge on any atom is 0.271 e. The molecule has 1 aromatic heterocycles. The number of pyridine rings is 1. The van der Waals surface area contributed by atoms with Crippen LogP contribution in [-0.4, -0.2) is 11.5 Å². The van der Waals surface area contributed by atoms with Gasteiger partial charge in [0.25, 0.3) is 5.56 Å². The summed E-state index contributed by atoms with van der Waals surface area (Å²) in [7, 11) is 0. The van der Waals surface area contributed by atoms with E-state index in [0.717, 1.165) is 18.0 Å². The van der Waals surface area contributed by atoms with Crippen LogP contribution in [0.4, 0.5) is 5.69 Å². The Labute approximate surface area is 91.9 Å². The van der Waals surface area contributed by atoms with Gasteiger partial charge in [0.05, 0.1) is 0 Å². The Kier molecular flexibility index (Phi) is 6.50. The highest BCUT2D eigenvalue weighted by Gasteiger charge is 1.98. The molecule has 0 atom stereocenters. The van der Waals surface area contributed by atoms with Gasteiger partial charge in [0.15, 0.2) is 0 Å². The Morgan fingerprint density at radius 3 is 2.33 bits per heavy atom. The second kappa shape index (κ2) is 7.10. The maximum atomic E-state index is 11.1. The van der Waals surface area contributed by atoms with E-state index in [0.29, 0.717) is 5.69 Å². The Morgan fingerprint density at radius 2 is 1.93 bits per heavy atom. The van der Waals surface area contributed by atoms with Crippen molar-refractivity contribution in [2.75, 3.05) is 11.9 Å². The van der Waals surface area contributed by atoms with Gasteiger partial charge in [0.2, 0.25) is 0 Å². The van der Waals surface area contributed by atoms with E-state index in [-0.39, 0.29) is 5.56 Å². The lowest BCUT2D eigenvalue weighted by Gasteiger charge is -2.03. The van der Waals surface area contributed by atoms with Crippen molar-refractivity contribution in [3.63, 3.8) is 0 Å². The maximum absolute atomic E-state index is 11.1. The van der Waals surface area contributed by atoms with E-state index < -0.39 is 0 Å². The Morgan fingerprint density at radius 1 is 1.40 bits per heavy atom. The van der Waals surface area contributed by atoms with E-state index in [1.807, 2.05) is 19.9 Å². The third-order valence-corrected chi connectivity index (χ3v) is 1.52. The van der Waals surface area contributed by atoms with Crippen LogP contribution in [0, 0.1) is 12.8 Å². The van der Waals surface area contributed by atoms with Gasteiger partial charge in [0, 0.05) is 12.7 Å². The summed E-state index contributed by atoms with van der Waals surface area (Å²) >= 11 is 0. The molecule has 86 valence electrons. The number of rotatable bonds is 2. The Balaban J connectivity index is 0.000000423. The monoisotopic (exact) mass is 210 g/mol. The number of hydrogen-bond acceptors (Lipinski definition) is 2. The fraction of sp³-hybridized carbons (Fsp3) is 0.583. The summed E-state index contributed by atoms with van der Waals surface area (Å²) in [6.45, 7) is 11.1. The minimum absolute atomic E-state index is 0.0492. The summed E-state index contributed by atoms with van der Waals surface area (Å²) in [5, 5.41) is 3.00. The number of aryl methyl sites for hydroxylation is 1. The third kappa shape index (κ3) is 5.94. The van der Waals surface area contributed by atoms with Crippen molar-refractivity contribution >= 4 is 5.69 Å². The van der Waals surface area contributed by atoms with Gasteiger partial charge in [-0.3, -0.25) is 4.79 Å². The number of aromatic amines is 1. The lowest BCUT2D eigenvalue weighted by Crippen LogP contribution is -2.14. The molecule has 0 bridgehead atoms. The zero-order valence-electron chi connectivity index (χ0n) is 10.3. The smallest absolute Gasteiger partial charge is 0.271 e. The molecule has 1 heterocycles. The van der Waals surface area contributed by atoms with E-state index in [1.54, 1.807) is 6.20 Å². The highest BCUT2D eigenvalue weighted by molar-refractivity contribution is 5.47. The first-order valence-corrected chi connectivity index (χ1v) is 5.41. The summed E-state index contributed by atoms with van der Waals surface area (Å²) < 4.78 is 0. The average Bonchev–Trinajstić information content (AvgIpc) is 2.11. The van der Waals surface area contributed by atoms with Crippen molar-refractivity contribution in [1.29, 1.82) is 0 Å². The highest BCUT2D eigenvalue weighted by Crippen LogP contribution is 2.04. The van der Waals surface area contributed by atoms with Crippen LogP contribution < -0.4 is 10.9 Å². The number of hydrogen-bond donors (Lipinski definition) is 2. The van der Waals surface area contributed by atoms with E-state index >= 15 is 0 Å². The van der Waals surface area contributed by atoms with Crippen LogP contribution in [0.5, 0.6) is 0 Å². The zero-order chi connectivity index (χ0) is 11.8. The van der Waals surface area contributed by atoms with Crippen LogP contribution in [0.15, 0.2) is 17.1 Å². The van der Waals surface area contributed by atoms with Gasteiger partial charge in [-0.25, -0.2) is 0 Å². The van der Waals surface area contributed by atoms with Crippen LogP contribution in [-0.2, 0) is 0 Å². The molecule has 1 aromatic rings. The van der Waals surface area contributed by atoms with Crippen molar-refractivity contribution in [2.24, 2.45) is 5.92 Å². The molecular weight excluding hydrogens is 188 g/mol. The number of nitrogens with one attached hydrogen (secondary N) is 2. The molecule has 0 fully saturated rings. The summed E-state index contributed by atoms with van der Waals surface area (Å²) in [5.74, 6) is 0.833.